The monoisotopic (exact) mass is 223 g/mol. The molecule has 0 aromatic heterocycles. The van der Waals surface area contributed by atoms with Crippen LogP contribution in [-0.4, -0.2) is 10.5 Å². The predicted molar refractivity (Wildman–Crippen MR) is 65.8 cm³/mol. The summed E-state index contributed by atoms with van der Waals surface area (Å²) >= 11 is 1.88. The summed E-state index contributed by atoms with van der Waals surface area (Å²) in [7, 11) is 0. The van der Waals surface area contributed by atoms with Crippen LogP contribution in [0.15, 0.2) is 0 Å². The fraction of sp³-hybridized carbons (Fsp3) is 0.923. The van der Waals surface area contributed by atoms with Gasteiger partial charge in [-0.2, -0.15) is 5.26 Å². The lowest BCUT2D eigenvalue weighted by molar-refractivity contribution is 0.0883. The maximum Gasteiger partial charge on any atom is 0.103 e. The summed E-state index contributed by atoms with van der Waals surface area (Å²) in [5.74, 6) is 1.09. The molecule has 2 rings (SSSR count). The van der Waals surface area contributed by atoms with Crippen LogP contribution in [0.25, 0.3) is 0 Å². The van der Waals surface area contributed by atoms with Gasteiger partial charge in [-0.3, -0.25) is 0 Å². The zero-order valence-electron chi connectivity index (χ0n) is 9.72. The molecule has 0 amide bonds. The lowest BCUT2D eigenvalue weighted by Crippen LogP contribution is -2.48. The van der Waals surface area contributed by atoms with Crippen molar-refractivity contribution in [2.75, 3.05) is 5.75 Å². The molecule has 0 radical (unpaired) electrons. The van der Waals surface area contributed by atoms with Crippen molar-refractivity contribution < 1.29 is 0 Å². The number of hydrogen-bond acceptors (Lipinski definition) is 2. The summed E-state index contributed by atoms with van der Waals surface area (Å²) in [4.78, 5) is 0. The summed E-state index contributed by atoms with van der Waals surface area (Å²) in [6.45, 7) is 2.17. The Kier molecular flexibility index (Phi) is 3.30. The zero-order valence-corrected chi connectivity index (χ0v) is 10.5. The van der Waals surface area contributed by atoms with Crippen LogP contribution in [0.1, 0.15) is 58.3 Å². The van der Waals surface area contributed by atoms with Gasteiger partial charge in [0, 0.05) is 0 Å². The summed E-state index contributed by atoms with van der Waals surface area (Å²) in [6, 6.07) is 2.57. The third kappa shape index (κ3) is 2.18. The molecule has 1 nitrogen and oxygen atoms in total. The molecule has 0 unspecified atom stereocenters. The summed E-state index contributed by atoms with van der Waals surface area (Å²) < 4.78 is -0.000903. The first kappa shape index (κ1) is 11.3. The highest BCUT2D eigenvalue weighted by Crippen LogP contribution is 2.60. The molecule has 0 aromatic rings. The van der Waals surface area contributed by atoms with E-state index < -0.39 is 0 Å². The van der Waals surface area contributed by atoms with E-state index in [0.29, 0.717) is 5.41 Å². The molecular weight excluding hydrogens is 202 g/mol. The lowest BCUT2D eigenvalue weighted by atomic mass is 9.58. The number of thioether (sulfide) groups is 1. The van der Waals surface area contributed by atoms with Crippen molar-refractivity contribution in [3.63, 3.8) is 0 Å². The molecule has 15 heavy (non-hydrogen) atoms. The van der Waals surface area contributed by atoms with E-state index in [0.717, 1.165) is 5.75 Å². The van der Waals surface area contributed by atoms with E-state index in [1.54, 1.807) is 0 Å². The average Bonchev–Trinajstić information content (AvgIpc) is 2.42. The Morgan fingerprint density at radius 2 is 1.73 bits per heavy atom. The Morgan fingerprint density at radius 3 is 2.20 bits per heavy atom. The Bertz CT molecular complexity index is 250. The van der Waals surface area contributed by atoms with E-state index in [-0.39, 0.29) is 4.75 Å². The molecule has 0 atom stereocenters. The molecule has 0 N–H and O–H groups in total. The van der Waals surface area contributed by atoms with Crippen LogP contribution < -0.4 is 0 Å². The van der Waals surface area contributed by atoms with Crippen LogP contribution in [0.5, 0.6) is 0 Å². The molecule has 2 heteroatoms. The molecule has 0 bridgehead atoms. The van der Waals surface area contributed by atoms with Gasteiger partial charge in [0.15, 0.2) is 0 Å². The Hall–Kier alpha value is -0.160. The van der Waals surface area contributed by atoms with E-state index in [1.807, 2.05) is 11.8 Å². The van der Waals surface area contributed by atoms with Crippen LogP contribution in [0.3, 0.4) is 0 Å². The van der Waals surface area contributed by atoms with Gasteiger partial charge in [0.05, 0.1) is 6.07 Å². The number of hydrogen-bond donors (Lipinski definition) is 0. The van der Waals surface area contributed by atoms with Gasteiger partial charge in [0.1, 0.15) is 4.75 Å². The van der Waals surface area contributed by atoms with Crippen molar-refractivity contribution >= 4 is 11.8 Å². The Morgan fingerprint density at radius 1 is 1.13 bits per heavy atom. The minimum atomic E-state index is -0.000903. The van der Waals surface area contributed by atoms with Gasteiger partial charge in [-0.15, -0.1) is 11.8 Å². The highest BCUT2D eigenvalue weighted by Gasteiger charge is 2.54. The summed E-state index contributed by atoms with van der Waals surface area (Å²) in [6.07, 6.45) is 10.8. The molecule has 1 spiro atoms. The Labute approximate surface area is 97.6 Å². The van der Waals surface area contributed by atoms with Gasteiger partial charge in [-0.05, 0) is 36.9 Å². The van der Waals surface area contributed by atoms with Gasteiger partial charge < -0.3 is 0 Å². The van der Waals surface area contributed by atoms with E-state index in [2.05, 4.69) is 13.0 Å². The van der Waals surface area contributed by atoms with Crippen molar-refractivity contribution in [3.05, 3.63) is 0 Å². The van der Waals surface area contributed by atoms with Crippen LogP contribution >= 0.6 is 11.8 Å². The lowest BCUT2D eigenvalue weighted by Gasteiger charge is -2.52. The molecule has 0 aliphatic heterocycles. The zero-order chi connectivity index (χ0) is 10.8. The van der Waals surface area contributed by atoms with Crippen LogP contribution in [0.4, 0.5) is 0 Å². The SMILES string of the molecule is CCSC1(C#N)CC2(CCCCCC2)C1. The second kappa shape index (κ2) is 4.37. The number of rotatable bonds is 2. The van der Waals surface area contributed by atoms with Crippen LogP contribution in [0, 0.1) is 16.7 Å². The normalized spacial score (nSPS) is 27.7. The average molecular weight is 223 g/mol. The van der Waals surface area contributed by atoms with Gasteiger partial charge in [0.2, 0.25) is 0 Å². The molecule has 0 aromatic carbocycles. The van der Waals surface area contributed by atoms with E-state index in [1.165, 1.54) is 51.4 Å². The topological polar surface area (TPSA) is 23.8 Å². The number of nitrogens with zero attached hydrogens (tertiary/aromatic N) is 1. The molecule has 2 fully saturated rings. The van der Waals surface area contributed by atoms with Crippen LogP contribution in [0.2, 0.25) is 0 Å². The molecule has 0 saturated heterocycles. The van der Waals surface area contributed by atoms with Gasteiger partial charge >= 0.3 is 0 Å². The first-order valence-corrected chi connectivity index (χ1v) is 7.28. The Balaban J connectivity index is 1.96. The van der Waals surface area contributed by atoms with E-state index in [9.17, 15) is 5.26 Å². The van der Waals surface area contributed by atoms with E-state index >= 15 is 0 Å². The molecule has 84 valence electrons. The molecular formula is C13H21NS. The predicted octanol–water partition coefficient (Wildman–Crippen LogP) is 4.14. The van der Waals surface area contributed by atoms with Crippen molar-refractivity contribution in [2.24, 2.45) is 5.41 Å². The quantitative estimate of drug-likeness (QED) is 0.702. The smallest absolute Gasteiger partial charge is 0.103 e. The van der Waals surface area contributed by atoms with Crippen molar-refractivity contribution in [1.29, 1.82) is 5.26 Å². The summed E-state index contributed by atoms with van der Waals surface area (Å²) in [5, 5.41) is 9.28. The molecule has 2 aliphatic carbocycles. The largest absolute Gasteiger partial charge is 0.197 e. The molecule has 2 saturated carbocycles. The first-order chi connectivity index (χ1) is 7.24. The second-order valence-corrected chi connectivity index (χ2v) is 6.95. The van der Waals surface area contributed by atoms with E-state index in [4.69, 9.17) is 0 Å². The maximum absolute atomic E-state index is 9.28. The highest BCUT2D eigenvalue weighted by atomic mass is 32.2. The minimum absolute atomic E-state index is 0.000903. The highest BCUT2D eigenvalue weighted by molar-refractivity contribution is 8.00. The van der Waals surface area contributed by atoms with Gasteiger partial charge in [0.25, 0.3) is 0 Å². The van der Waals surface area contributed by atoms with Gasteiger partial charge in [-0.25, -0.2) is 0 Å². The van der Waals surface area contributed by atoms with Crippen LogP contribution in [-0.2, 0) is 0 Å². The molecule has 0 heterocycles. The minimum Gasteiger partial charge on any atom is -0.197 e. The maximum atomic E-state index is 9.28. The fourth-order valence-corrected chi connectivity index (χ4v) is 4.92. The van der Waals surface area contributed by atoms with Crippen molar-refractivity contribution in [3.8, 4) is 6.07 Å². The number of nitriles is 1. The standard InChI is InChI=1S/C13H21NS/c1-2-15-13(11-14)9-12(10-13)7-5-3-4-6-8-12/h2-10H2,1H3. The van der Waals surface area contributed by atoms with Crippen molar-refractivity contribution in [2.45, 2.75) is 63.0 Å². The van der Waals surface area contributed by atoms with Crippen molar-refractivity contribution in [1.82, 2.24) is 0 Å². The first-order valence-electron chi connectivity index (χ1n) is 6.29. The fourth-order valence-electron chi connectivity index (χ4n) is 3.48. The third-order valence-corrected chi connectivity index (χ3v) is 5.33. The summed E-state index contributed by atoms with van der Waals surface area (Å²) in [5.41, 5.74) is 0.578. The third-order valence-electron chi connectivity index (χ3n) is 4.11. The second-order valence-electron chi connectivity index (χ2n) is 5.31. The van der Waals surface area contributed by atoms with Gasteiger partial charge in [-0.1, -0.05) is 32.6 Å². The molecule has 2 aliphatic rings.